The van der Waals surface area contributed by atoms with Crippen molar-refractivity contribution in [3.8, 4) is 5.75 Å². The molecule has 24 heavy (non-hydrogen) atoms. The van der Waals surface area contributed by atoms with E-state index in [2.05, 4.69) is 0 Å². The Bertz CT molecular complexity index is 905. The third-order valence-electron chi connectivity index (χ3n) is 3.91. The third kappa shape index (κ3) is 3.01. The molecule has 3 rings (SSSR count). The monoisotopic (exact) mass is 323 g/mol. The Kier molecular flexibility index (Phi) is 4.33. The van der Waals surface area contributed by atoms with Crippen LogP contribution in [0.5, 0.6) is 5.75 Å². The highest BCUT2D eigenvalue weighted by atomic mass is 16.5. The quantitative estimate of drug-likeness (QED) is 0.740. The second-order valence-electron chi connectivity index (χ2n) is 5.43. The second-order valence-corrected chi connectivity index (χ2v) is 5.43. The maximum Gasteiger partial charge on any atom is 0.361 e. The summed E-state index contributed by atoms with van der Waals surface area (Å²) in [6.07, 6.45) is 0.396. The Balaban J connectivity index is 1.91. The van der Waals surface area contributed by atoms with E-state index in [0.29, 0.717) is 23.2 Å². The van der Waals surface area contributed by atoms with Crippen LogP contribution in [0.2, 0.25) is 0 Å². The van der Waals surface area contributed by atoms with Gasteiger partial charge in [0.15, 0.2) is 0 Å². The zero-order valence-corrected chi connectivity index (χ0v) is 13.5. The van der Waals surface area contributed by atoms with Crippen molar-refractivity contribution >= 4 is 5.91 Å². The minimum atomic E-state index is -0.493. The van der Waals surface area contributed by atoms with Crippen molar-refractivity contribution in [2.24, 2.45) is 0 Å². The standard InChI is InChI=1S/C19H17NO4/c1-13-17(12-14-8-10-16(23-2)11-9-14)19(22)24-20(13)18(21)15-6-4-3-5-7-15/h3-11H,12H2,1-2H3. The zero-order valence-electron chi connectivity index (χ0n) is 13.5. The lowest BCUT2D eigenvalue weighted by Gasteiger charge is -2.04. The van der Waals surface area contributed by atoms with E-state index in [0.717, 1.165) is 16.1 Å². The van der Waals surface area contributed by atoms with Gasteiger partial charge in [-0.25, -0.2) is 4.79 Å². The lowest BCUT2D eigenvalue weighted by Crippen LogP contribution is -2.12. The van der Waals surface area contributed by atoms with Crippen LogP contribution in [0.4, 0.5) is 0 Å². The van der Waals surface area contributed by atoms with Gasteiger partial charge in [0.05, 0.1) is 18.4 Å². The van der Waals surface area contributed by atoms with Gasteiger partial charge in [-0.1, -0.05) is 30.3 Å². The van der Waals surface area contributed by atoms with Gasteiger partial charge in [0, 0.05) is 12.0 Å². The number of carbonyl (C=O) groups excluding carboxylic acids is 1. The summed E-state index contributed by atoms with van der Waals surface area (Å²) in [6, 6.07) is 16.2. The molecule has 1 heterocycles. The zero-order chi connectivity index (χ0) is 17.1. The van der Waals surface area contributed by atoms with E-state index in [-0.39, 0.29) is 5.91 Å². The minimum absolute atomic E-state index is 0.355. The molecule has 0 atom stereocenters. The summed E-state index contributed by atoms with van der Waals surface area (Å²) in [7, 11) is 1.60. The molecular weight excluding hydrogens is 306 g/mol. The number of hydrogen-bond donors (Lipinski definition) is 0. The molecule has 0 saturated carbocycles. The summed E-state index contributed by atoms with van der Waals surface area (Å²) in [5.41, 5.74) is 1.91. The van der Waals surface area contributed by atoms with Crippen molar-refractivity contribution in [1.82, 2.24) is 4.74 Å². The first-order valence-corrected chi connectivity index (χ1v) is 7.54. The first-order valence-electron chi connectivity index (χ1n) is 7.54. The normalized spacial score (nSPS) is 10.6. The molecule has 122 valence electrons. The molecule has 0 aliphatic rings. The molecule has 3 aromatic rings. The smallest absolute Gasteiger partial charge is 0.361 e. The SMILES string of the molecule is COc1ccc(Cc2c(C)n(C(=O)c3ccccc3)oc2=O)cc1. The topological polar surface area (TPSA) is 61.4 Å². The van der Waals surface area contributed by atoms with E-state index < -0.39 is 5.63 Å². The van der Waals surface area contributed by atoms with E-state index in [1.54, 1.807) is 38.3 Å². The molecular formula is C19H17NO4. The first kappa shape index (κ1) is 15.8. The van der Waals surface area contributed by atoms with E-state index >= 15 is 0 Å². The highest BCUT2D eigenvalue weighted by Crippen LogP contribution is 2.16. The van der Waals surface area contributed by atoms with E-state index in [1.165, 1.54) is 0 Å². The second kappa shape index (κ2) is 6.58. The average Bonchev–Trinajstić information content (AvgIpc) is 2.90. The van der Waals surface area contributed by atoms with Crippen LogP contribution in [0.15, 0.2) is 63.9 Å². The fourth-order valence-electron chi connectivity index (χ4n) is 2.52. The molecule has 0 radical (unpaired) electrons. The Labute approximate surface area is 139 Å². The van der Waals surface area contributed by atoms with Crippen molar-refractivity contribution in [3.05, 3.63) is 87.4 Å². The fourth-order valence-corrected chi connectivity index (χ4v) is 2.52. The summed E-state index contributed by atoms with van der Waals surface area (Å²) in [5.74, 6) is 0.394. The maximum atomic E-state index is 12.5. The van der Waals surface area contributed by atoms with E-state index in [4.69, 9.17) is 9.26 Å². The van der Waals surface area contributed by atoms with E-state index in [9.17, 15) is 9.59 Å². The van der Waals surface area contributed by atoms with Crippen LogP contribution in [-0.2, 0) is 6.42 Å². The third-order valence-corrected chi connectivity index (χ3v) is 3.91. The Morgan fingerprint density at radius 2 is 1.75 bits per heavy atom. The molecule has 5 nitrogen and oxygen atoms in total. The van der Waals surface area contributed by atoms with Gasteiger partial charge in [0.1, 0.15) is 5.75 Å². The van der Waals surface area contributed by atoms with Crippen molar-refractivity contribution in [1.29, 1.82) is 0 Å². The van der Waals surface area contributed by atoms with Crippen LogP contribution < -0.4 is 10.4 Å². The van der Waals surface area contributed by atoms with Gasteiger partial charge < -0.3 is 9.26 Å². The number of carbonyl (C=O) groups is 1. The molecule has 2 aromatic carbocycles. The summed E-state index contributed by atoms with van der Waals surface area (Å²) in [4.78, 5) is 24.6. The predicted octanol–water partition coefficient (Wildman–Crippen LogP) is 3.04. The number of benzene rings is 2. The fraction of sp³-hybridized carbons (Fsp3) is 0.158. The number of methoxy groups -OCH3 is 1. The molecule has 0 N–H and O–H groups in total. The number of ether oxygens (including phenoxy) is 1. The molecule has 0 aliphatic heterocycles. The van der Waals surface area contributed by atoms with Crippen LogP contribution >= 0.6 is 0 Å². The highest BCUT2D eigenvalue weighted by molar-refractivity contribution is 5.95. The number of aromatic nitrogens is 1. The lowest BCUT2D eigenvalue weighted by molar-refractivity contribution is 0.0834. The summed E-state index contributed by atoms with van der Waals surface area (Å²) < 4.78 is 11.4. The van der Waals surface area contributed by atoms with E-state index in [1.807, 2.05) is 30.3 Å². The van der Waals surface area contributed by atoms with Crippen LogP contribution in [-0.4, -0.2) is 17.8 Å². The van der Waals surface area contributed by atoms with Crippen LogP contribution in [0.25, 0.3) is 0 Å². The minimum Gasteiger partial charge on any atom is -0.497 e. The van der Waals surface area contributed by atoms with Crippen molar-refractivity contribution in [3.63, 3.8) is 0 Å². The molecule has 0 spiro atoms. The summed E-state index contributed by atoms with van der Waals surface area (Å²) in [6.45, 7) is 1.71. The molecule has 0 saturated heterocycles. The van der Waals surface area contributed by atoms with Crippen LogP contribution in [0, 0.1) is 6.92 Å². The summed E-state index contributed by atoms with van der Waals surface area (Å²) in [5, 5.41) is 0. The molecule has 1 aromatic heterocycles. The van der Waals surface area contributed by atoms with Gasteiger partial charge in [0.25, 0.3) is 5.91 Å². The van der Waals surface area contributed by atoms with Gasteiger partial charge in [-0.05, 0) is 36.8 Å². The maximum absolute atomic E-state index is 12.5. The van der Waals surface area contributed by atoms with Crippen molar-refractivity contribution in [2.75, 3.05) is 7.11 Å². The molecule has 0 bridgehead atoms. The summed E-state index contributed by atoms with van der Waals surface area (Å²) >= 11 is 0. The molecule has 0 amide bonds. The van der Waals surface area contributed by atoms with Gasteiger partial charge >= 0.3 is 5.63 Å². The Hall–Kier alpha value is -3.08. The van der Waals surface area contributed by atoms with Crippen molar-refractivity contribution in [2.45, 2.75) is 13.3 Å². The van der Waals surface area contributed by atoms with Crippen LogP contribution in [0.3, 0.4) is 0 Å². The lowest BCUT2D eigenvalue weighted by atomic mass is 10.1. The van der Waals surface area contributed by atoms with Crippen LogP contribution in [0.1, 0.15) is 27.2 Å². The predicted molar refractivity (Wildman–Crippen MR) is 89.7 cm³/mol. The first-order chi connectivity index (χ1) is 11.6. The largest absolute Gasteiger partial charge is 0.497 e. The van der Waals surface area contributed by atoms with Gasteiger partial charge in [0.2, 0.25) is 0 Å². The Morgan fingerprint density at radius 1 is 1.08 bits per heavy atom. The molecule has 5 heteroatoms. The Morgan fingerprint density at radius 3 is 2.38 bits per heavy atom. The number of rotatable bonds is 4. The number of nitrogens with zero attached hydrogens (tertiary/aromatic N) is 1. The average molecular weight is 323 g/mol. The highest BCUT2D eigenvalue weighted by Gasteiger charge is 2.19. The number of hydrogen-bond acceptors (Lipinski definition) is 4. The molecule has 0 unspecified atom stereocenters. The van der Waals surface area contributed by atoms with Crippen molar-refractivity contribution < 1.29 is 14.1 Å². The molecule has 0 aliphatic carbocycles. The van der Waals surface area contributed by atoms with Gasteiger partial charge in [-0.2, -0.15) is 0 Å². The van der Waals surface area contributed by atoms with Gasteiger partial charge in [-0.15, -0.1) is 4.74 Å². The molecule has 0 fully saturated rings. The van der Waals surface area contributed by atoms with Gasteiger partial charge in [-0.3, -0.25) is 4.79 Å².